The number of rotatable bonds is 7. The summed E-state index contributed by atoms with van der Waals surface area (Å²) in [7, 11) is 0. The van der Waals surface area contributed by atoms with E-state index in [4.69, 9.17) is 0 Å². The molecule has 0 aromatic carbocycles. The monoisotopic (exact) mass is 292 g/mol. The predicted molar refractivity (Wildman–Crippen MR) is 88.0 cm³/mol. The smallest absolute Gasteiger partial charge is 0.231 e. The second-order valence-corrected chi connectivity index (χ2v) is 5.83. The fourth-order valence-electron chi connectivity index (χ4n) is 2.42. The van der Waals surface area contributed by atoms with Crippen molar-refractivity contribution in [2.45, 2.75) is 53.0 Å². The van der Waals surface area contributed by atoms with Crippen LogP contribution in [-0.2, 0) is 0 Å². The Labute approximate surface area is 127 Å². The molecule has 2 N–H and O–H groups in total. The van der Waals surface area contributed by atoms with Gasteiger partial charge in [0, 0.05) is 25.7 Å². The summed E-state index contributed by atoms with van der Waals surface area (Å²) < 4.78 is 0. The third kappa shape index (κ3) is 4.19. The number of anilines is 3. The van der Waals surface area contributed by atoms with Crippen molar-refractivity contribution in [1.82, 2.24) is 15.0 Å². The molecule has 6 heteroatoms. The average Bonchev–Trinajstić information content (AvgIpc) is 3.00. The molecule has 1 aliphatic rings. The van der Waals surface area contributed by atoms with Gasteiger partial charge >= 0.3 is 0 Å². The first-order valence-electron chi connectivity index (χ1n) is 8.15. The van der Waals surface area contributed by atoms with Gasteiger partial charge < -0.3 is 15.5 Å². The van der Waals surface area contributed by atoms with Crippen LogP contribution in [0.2, 0.25) is 0 Å². The molecule has 0 bridgehead atoms. The highest BCUT2D eigenvalue weighted by Gasteiger charge is 2.18. The maximum atomic E-state index is 4.61. The number of hydrogen-bond donors (Lipinski definition) is 2. The highest BCUT2D eigenvalue weighted by Crippen LogP contribution is 2.20. The molecule has 0 aliphatic carbocycles. The van der Waals surface area contributed by atoms with Crippen LogP contribution in [0.5, 0.6) is 0 Å². The van der Waals surface area contributed by atoms with Gasteiger partial charge in [0.1, 0.15) is 0 Å². The molecule has 0 amide bonds. The van der Waals surface area contributed by atoms with E-state index in [1.54, 1.807) is 0 Å². The van der Waals surface area contributed by atoms with Crippen molar-refractivity contribution in [2.24, 2.45) is 5.92 Å². The van der Waals surface area contributed by atoms with Crippen molar-refractivity contribution < 1.29 is 0 Å². The molecule has 21 heavy (non-hydrogen) atoms. The minimum absolute atomic E-state index is 0.346. The minimum Gasteiger partial charge on any atom is -0.354 e. The van der Waals surface area contributed by atoms with Crippen LogP contribution in [0.15, 0.2) is 0 Å². The van der Waals surface area contributed by atoms with Gasteiger partial charge in [0.2, 0.25) is 17.8 Å². The van der Waals surface area contributed by atoms with Crippen LogP contribution in [0.4, 0.5) is 17.8 Å². The van der Waals surface area contributed by atoms with Crippen LogP contribution in [-0.4, -0.2) is 40.6 Å². The molecule has 0 saturated carbocycles. The summed E-state index contributed by atoms with van der Waals surface area (Å²) in [4.78, 5) is 15.9. The Morgan fingerprint density at radius 2 is 1.71 bits per heavy atom. The average molecular weight is 292 g/mol. The van der Waals surface area contributed by atoms with Gasteiger partial charge in [-0.1, -0.05) is 20.3 Å². The predicted octanol–water partition coefficient (Wildman–Crippen LogP) is 2.75. The molecule has 6 nitrogen and oxygen atoms in total. The maximum absolute atomic E-state index is 4.61. The molecule has 118 valence electrons. The van der Waals surface area contributed by atoms with Crippen LogP contribution in [0, 0.1) is 5.92 Å². The summed E-state index contributed by atoms with van der Waals surface area (Å²) in [5.41, 5.74) is 0. The third-order valence-corrected chi connectivity index (χ3v) is 4.20. The lowest BCUT2D eigenvalue weighted by molar-refractivity contribution is 0.492. The molecule has 1 aromatic heterocycles. The molecule has 1 saturated heterocycles. The molecule has 2 heterocycles. The second-order valence-electron chi connectivity index (χ2n) is 5.83. The summed E-state index contributed by atoms with van der Waals surface area (Å²) in [6, 6.07) is 0.346. The highest BCUT2D eigenvalue weighted by molar-refractivity contribution is 5.44. The zero-order chi connectivity index (χ0) is 15.2. The highest BCUT2D eigenvalue weighted by atomic mass is 15.3. The van der Waals surface area contributed by atoms with Crippen molar-refractivity contribution in [2.75, 3.05) is 35.2 Å². The topological polar surface area (TPSA) is 66.0 Å². The number of nitrogens with one attached hydrogen (secondary N) is 2. The molecule has 2 rings (SSSR count). The Balaban J connectivity index is 2.18. The molecular formula is C15H28N6. The third-order valence-electron chi connectivity index (χ3n) is 4.20. The minimum atomic E-state index is 0.346. The Morgan fingerprint density at radius 1 is 1.05 bits per heavy atom. The van der Waals surface area contributed by atoms with Crippen molar-refractivity contribution in [3.05, 3.63) is 0 Å². The quantitative estimate of drug-likeness (QED) is 0.805. The maximum Gasteiger partial charge on any atom is 0.231 e. The Morgan fingerprint density at radius 3 is 2.33 bits per heavy atom. The van der Waals surface area contributed by atoms with Crippen molar-refractivity contribution in [1.29, 1.82) is 0 Å². The number of nitrogens with zero attached hydrogens (tertiary/aromatic N) is 4. The lowest BCUT2D eigenvalue weighted by Gasteiger charge is -2.22. The Hall–Kier alpha value is -1.59. The lowest BCUT2D eigenvalue weighted by Crippen LogP contribution is -2.27. The van der Waals surface area contributed by atoms with E-state index < -0.39 is 0 Å². The van der Waals surface area contributed by atoms with E-state index in [1.165, 1.54) is 12.8 Å². The number of hydrogen-bond acceptors (Lipinski definition) is 6. The van der Waals surface area contributed by atoms with E-state index in [0.717, 1.165) is 32.0 Å². The molecular weight excluding hydrogens is 264 g/mol. The van der Waals surface area contributed by atoms with E-state index in [0.29, 0.717) is 23.9 Å². The van der Waals surface area contributed by atoms with Gasteiger partial charge in [-0.05, 0) is 32.6 Å². The first kappa shape index (κ1) is 15.8. The summed E-state index contributed by atoms with van der Waals surface area (Å²) in [5, 5.41) is 6.63. The lowest BCUT2D eigenvalue weighted by atomic mass is 10.0. The van der Waals surface area contributed by atoms with Gasteiger partial charge in [0.25, 0.3) is 0 Å². The SMILES string of the molecule is CCNc1nc(NC(C)C(C)CC)nc(N2CCCC2)n1. The summed E-state index contributed by atoms with van der Waals surface area (Å²) in [5.74, 6) is 2.71. The normalized spacial score (nSPS) is 17.6. The summed E-state index contributed by atoms with van der Waals surface area (Å²) in [6.07, 6.45) is 3.57. The van der Waals surface area contributed by atoms with Gasteiger partial charge in [-0.15, -0.1) is 0 Å². The van der Waals surface area contributed by atoms with E-state index in [9.17, 15) is 0 Å². The fourth-order valence-corrected chi connectivity index (χ4v) is 2.42. The van der Waals surface area contributed by atoms with Crippen LogP contribution in [0.3, 0.4) is 0 Å². The zero-order valence-corrected chi connectivity index (χ0v) is 13.7. The molecule has 0 radical (unpaired) electrons. The molecule has 1 aliphatic heterocycles. The second kappa shape index (κ2) is 7.43. The van der Waals surface area contributed by atoms with Crippen molar-refractivity contribution >= 4 is 17.8 Å². The largest absolute Gasteiger partial charge is 0.354 e. The zero-order valence-electron chi connectivity index (χ0n) is 13.7. The summed E-state index contributed by atoms with van der Waals surface area (Å²) in [6.45, 7) is 11.6. The van der Waals surface area contributed by atoms with Crippen LogP contribution in [0.1, 0.15) is 47.0 Å². The van der Waals surface area contributed by atoms with Crippen LogP contribution in [0.25, 0.3) is 0 Å². The van der Waals surface area contributed by atoms with E-state index in [1.807, 2.05) is 6.92 Å². The molecule has 1 fully saturated rings. The first-order chi connectivity index (χ1) is 10.1. The molecule has 0 spiro atoms. The Bertz CT molecular complexity index is 444. The number of aromatic nitrogens is 3. The first-order valence-corrected chi connectivity index (χ1v) is 8.15. The van der Waals surface area contributed by atoms with Gasteiger partial charge in [-0.25, -0.2) is 0 Å². The van der Waals surface area contributed by atoms with Gasteiger partial charge in [-0.2, -0.15) is 15.0 Å². The molecule has 2 atom stereocenters. The van der Waals surface area contributed by atoms with E-state index in [2.05, 4.69) is 51.3 Å². The van der Waals surface area contributed by atoms with E-state index in [-0.39, 0.29) is 0 Å². The fraction of sp³-hybridized carbons (Fsp3) is 0.800. The van der Waals surface area contributed by atoms with Gasteiger partial charge in [-0.3, -0.25) is 0 Å². The van der Waals surface area contributed by atoms with E-state index >= 15 is 0 Å². The standard InChI is InChI=1S/C15H28N6/c1-5-11(3)12(4)17-14-18-13(16-6-2)19-15(20-14)21-9-7-8-10-21/h11-12H,5-10H2,1-4H3,(H2,16,17,18,19,20). The van der Waals surface area contributed by atoms with Gasteiger partial charge in [0.05, 0.1) is 0 Å². The van der Waals surface area contributed by atoms with Gasteiger partial charge in [0.15, 0.2) is 0 Å². The Kier molecular flexibility index (Phi) is 5.59. The summed E-state index contributed by atoms with van der Waals surface area (Å²) >= 11 is 0. The molecule has 1 aromatic rings. The van der Waals surface area contributed by atoms with Crippen molar-refractivity contribution in [3.8, 4) is 0 Å². The van der Waals surface area contributed by atoms with Crippen molar-refractivity contribution in [3.63, 3.8) is 0 Å². The van der Waals surface area contributed by atoms with Crippen LogP contribution >= 0.6 is 0 Å². The van der Waals surface area contributed by atoms with Crippen LogP contribution < -0.4 is 15.5 Å². The molecule has 2 unspecified atom stereocenters.